The standard InChI is InChI=1S/C27H22N6OS/c1-17-22(26(34)32(2)15-18-7-5-10-23-20(18)9-6-12-28-23)14-30-33(17)27-29-13-19-16-35-24-11-4-3-8-21(24)25(19)31-27/h3-14H,15-16H2,1-2H3. The second kappa shape index (κ2) is 8.63. The molecule has 0 atom stereocenters. The smallest absolute Gasteiger partial charge is 0.257 e. The number of pyridine rings is 1. The minimum absolute atomic E-state index is 0.102. The summed E-state index contributed by atoms with van der Waals surface area (Å²) in [6.45, 7) is 2.35. The van der Waals surface area contributed by atoms with Crippen molar-refractivity contribution in [1.82, 2.24) is 29.6 Å². The average Bonchev–Trinajstić information content (AvgIpc) is 3.29. The van der Waals surface area contributed by atoms with Crippen LogP contribution in [0, 0.1) is 6.92 Å². The van der Waals surface area contributed by atoms with Crippen molar-refractivity contribution in [1.29, 1.82) is 0 Å². The summed E-state index contributed by atoms with van der Waals surface area (Å²) in [5, 5.41) is 5.52. The highest BCUT2D eigenvalue weighted by molar-refractivity contribution is 7.98. The molecule has 0 unspecified atom stereocenters. The second-order valence-corrected chi connectivity index (χ2v) is 9.55. The van der Waals surface area contributed by atoms with Crippen molar-refractivity contribution in [3.05, 3.63) is 95.6 Å². The van der Waals surface area contributed by atoms with Crippen LogP contribution in [-0.2, 0) is 12.3 Å². The molecule has 0 saturated carbocycles. The van der Waals surface area contributed by atoms with Crippen LogP contribution in [0.1, 0.15) is 27.2 Å². The molecule has 3 aromatic heterocycles. The van der Waals surface area contributed by atoms with E-state index in [2.05, 4.69) is 27.2 Å². The Labute approximate surface area is 206 Å². The Bertz CT molecular complexity index is 1590. The Morgan fingerprint density at radius 2 is 1.94 bits per heavy atom. The number of hydrogen-bond acceptors (Lipinski definition) is 6. The highest BCUT2D eigenvalue weighted by Gasteiger charge is 2.23. The molecule has 172 valence electrons. The molecule has 4 heterocycles. The van der Waals surface area contributed by atoms with E-state index in [-0.39, 0.29) is 5.91 Å². The molecule has 6 rings (SSSR count). The third-order valence-corrected chi connectivity index (χ3v) is 7.42. The number of aromatic nitrogens is 5. The lowest BCUT2D eigenvalue weighted by atomic mass is 10.1. The van der Waals surface area contributed by atoms with E-state index in [0.29, 0.717) is 23.8 Å². The number of thioether (sulfide) groups is 1. The number of hydrogen-bond donors (Lipinski definition) is 0. The molecule has 1 amide bonds. The van der Waals surface area contributed by atoms with Crippen LogP contribution >= 0.6 is 11.8 Å². The van der Waals surface area contributed by atoms with Gasteiger partial charge >= 0.3 is 0 Å². The topological polar surface area (TPSA) is 76.8 Å². The lowest BCUT2D eigenvalue weighted by molar-refractivity contribution is 0.0785. The van der Waals surface area contributed by atoms with Gasteiger partial charge < -0.3 is 4.90 Å². The van der Waals surface area contributed by atoms with E-state index in [4.69, 9.17) is 4.98 Å². The number of amides is 1. The van der Waals surface area contributed by atoms with Gasteiger partial charge in [-0.1, -0.05) is 36.4 Å². The van der Waals surface area contributed by atoms with Crippen LogP contribution in [0.25, 0.3) is 28.1 Å². The van der Waals surface area contributed by atoms with E-state index in [9.17, 15) is 4.79 Å². The zero-order valence-electron chi connectivity index (χ0n) is 19.3. The van der Waals surface area contributed by atoms with Crippen molar-refractivity contribution in [3.8, 4) is 17.2 Å². The Kier molecular flexibility index (Phi) is 5.30. The number of fused-ring (bicyclic) bond motifs is 4. The Morgan fingerprint density at radius 1 is 1.06 bits per heavy atom. The van der Waals surface area contributed by atoms with E-state index >= 15 is 0 Å². The first-order valence-corrected chi connectivity index (χ1v) is 12.3. The summed E-state index contributed by atoms with van der Waals surface area (Å²) >= 11 is 1.79. The maximum Gasteiger partial charge on any atom is 0.257 e. The summed E-state index contributed by atoms with van der Waals surface area (Å²) in [6.07, 6.45) is 5.24. The predicted molar refractivity (Wildman–Crippen MR) is 136 cm³/mol. The largest absolute Gasteiger partial charge is 0.337 e. The summed E-state index contributed by atoms with van der Waals surface area (Å²) in [6, 6.07) is 18.2. The molecule has 0 radical (unpaired) electrons. The van der Waals surface area contributed by atoms with Crippen molar-refractivity contribution < 1.29 is 4.79 Å². The predicted octanol–water partition coefficient (Wildman–Crippen LogP) is 5.06. The fourth-order valence-electron chi connectivity index (χ4n) is 4.44. The molecule has 0 aliphatic carbocycles. The Morgan fingerprint density at radius 3 is 2.86 bits per heavy atom. The number of rotatable bonds is 4. The molecule has 8 heteroatoms. The molecule has 0 saturated heterocycles. The van der Waals surface area contributed by atoms with Gasteiger partial charge in [-0.2, -0.15) is 5.10 Å². The molecule has 0 bridgehead atoms. The van der Waals surface area contributed by atoms with E-state index in [1.807, 2.05) is 55.6 Å². The zero-order valence-corrected chi connectivity index (χ0v) is 20.2. The monoisotopic (exact) mass is 478 g/mol. The van der Waals surface area contributed by atoms with Crippen molar-refractivity contribution >= 4 is 28.6 Å². The Hall–Kier alpha value is -4.04. The maximum atomic E-state index is 13.4. The van der Waals surface area contributed by atoms with E-state index in [1.54, 1.807) is 40.8 Å². The van der Waals surface area contributed by atoms with Crippen molar-refractivity contribution in [2.75, 3.05) is 7.05 Å². The molecule has 7 nitrogen and oxygen atoms in total. The molecular formula is C27H22N6OS. The summed E-state index contributed by atoms with van der Waals surface area (Å²) in [7, 11) is 1.80. The molecule has 0 spiro atoms. The zero-order chi connectivity index (χ0) is 23.9. The van der Waals surface area contributed by atoms with Gasteiger partial charge in [0.2, 0.25) is 0 Å². The first kappa shape index (κ1) is 21.5. The van der Waals surface area contributed by atoms with Gasteiger partial charge in [0.1, 0.15) is 0 Å². The number of carbonyl (C=O) groups excluding carboxylic acids is 1. The van der Waals surface area contributed by atoms with Gasteiger partial charge in [0, 0.05) is 53.1 Å². The number of carbonyl (C=O) groups is 1. The molecule has 35 heavy (non-hydrogen) atoms. The fraction of sp³-hybridized carbons (Fsp3) is 0.148. The van der Waals surface area contributed by atoms with Gasteiger partial charge in [-0.15, -0.1) is 11.8 Å². The van der Waals surface area contributed by atoms with E-state index in [1.165, 1.54) is 4.90 Å². The Balaban J connectivity index is 1.30. The van der Waals surface area contributed by atoms with Gasteiger partial charge in [-0.05, 0) is 30.7 Å². The van der Waals surface area contributed by atoms with Crippen LogP contribution in [0.5, 0.6) is 0 Å². The van der Waals surface area contributed by atoms with Crippen LogP contribution in [0.3, 0.4) is 0 Å². The molecule has 5 aromatic rings. The minimum atomic E-state index is -0.102. The van der Waals surface area contributed by atoms with Crippen LogP contribution in [0.4, 0.5) is 0 Å². The minimum Gasteiger partial charge on any atom is -0.337 e. The molecule has 1 aliphatic rings. The van der Waals surface area contributed by atoms with Crippen LogP contribution < -0.4 is 0 Å². The summed E-state index contributed by atoms with van der Waals surface area (Å²) in [5.74, 6) is 1.20. The first-order chi connectivity index (χ1) is 17.1. The number of nitrogens with zero attached hydrogens (tertiary/aromatic N) is 6. The fourth-order valence-corrected chi connectivity index (χ4v) is 5.46. The highest BCUT2D eigenvalue weighted by Crippen LogP contribution is 2.40. The van der Waals surface area contributed by atoms with Gasteiger partial charge in [0.15, 0.2) is 0 Å². The highest BCUT2D eigenvalue weighted by atomic mass is 32.2. The SMILES string of the molecule is Cc1c(C(=O)N(C)Cc2cccc3ncccc23)cnn1-c1ncc2c(n1)-c1ccccc1SC2. The molecule has 2 aromatic carbocycles. The summed E-state index contributed by atoms with van der Waals surface area (Å²) < 4.78 is 1.65. The quantitative estimate of drug-likeness (QED) is 0.359. The third-order valence-electron chi connectivity index (χ3n) is 6.30. The van der Waals surface area contributed by atoms with Crippen LogP contribution in [-0.4, -0.2) is 42.6 Å². The normalized spacial score (nSPS) is 12.3. The van der Waals surface area contributed by atoms with Crippen molar-refractivity contribution in [2.45, 2.75) is 24.1 Å². The summed E-state index contributed by atoms with van der Waals surface area (Å²) in [4.78, 5) is 30.1. The average molecular weight is 479 g/mol. The van der Waals surface area contributed by atoms with E-state index < -0.39 is 0 Å². The van der Waals surface area contributed by atoms with Gasteiger partial charge in [-0.25, -0.2) is 14.6 Å². The van der Waals surface area contributed by atoms with Gasteiger partial charge in [0.25, 0.3) is 11.9 Å². The van der Waals surface area contributed by atoms with Crippen molar-refractivity contribution in [2.24, 2.45) is 0 Å². The summed E-state index contributed by atoms with van der Waals surface area (Å²) in [5.41, 5.74) is 6.33. The first-order valence-electron chi connectivity index (χ1n) is 11.3. The van der Waals surface area contributed by atoms with Gasteiger partial charge in [0.05, 0.1) is 28.7 Å². The van der Waals surface area contributed by atoms with E-state index in [0.717, 1.165) is 39.0 Å². The third kappa shape index (κ3) is 3.76. The van der Waals surface area contributed by atoms with Crippen LogP contribution in [0.2, 0.25) is 0 Å². The lowest BCUT2D eigenvalue weighted by Crippen LogP contribution is -2.26. The van der Waals surface area contributed by atoms with Crippen molar-refractivity contribution in [3.63, 3.8) is 0 Å². The second-order valence-electron chi connectivity index (χ2n) is 8.53. The molecular weight excluding hydrogens is 456 g/mol. The van der Waals surface area contributed by atoms with Crippen LogP contribution in [0.15, 0.2) is 78.1 Å². The molecule has 0 fully saturated rings. The lowest BCUT2D eigenvalue weighted by Gasteiger charge is -2.19. The van der Waals surface area contributed by atoms with Gasteiger partial charge in [-0.3, -0.25) is 9.78 Å². The number of benzene rings is 2. The molecule has 1 aliphatic heterocycles. The maximum absolute atomic E-state index is 13.4. The molecule has 0 N–H and O–H groups in total.